The Balaban J connectivity index is 2.54. The van der Waals surface area contributed by atoms with Crippen molar-refractivity contribution in [3.63, 3.8) is 0 Å². The molecule has 0 saturated heterocycles. The van der Waals surface area contributed by atoms with E-state index in [1.165, 1.54) is 14.0 Å². The number of ketones is 2. The van der Waals surface area contributed by atoms with Crippen molar-refractivity contribution in [3.8, 4) is 0 Å². The number of Topliss-reactive ketones (excluding diaryl/α,β-unsaturated/α-hetero) is 2. The van der Waals surface area contributed by atoms with E-state index in [9.17, 15) is 24.0 Å². The van der Waals surface area contributed by atoms with Crippen molar-refractivity contribution >= 4 is 29.5 Å². The summed E-state index contributed by atoms with van der Waals surface area (Å²) in [6, 6.07) is 0. The Morgan fingerprint density at radius 2 is 1.70 bits per heavy atom. The van der Waals surface area contributed by atoms with E-state index in [-0.39, 0.29) is 55.6 Å². The number of aliphatic carboxylic acids is 1. The number of carbonyl (C=O) groups excluding carboxylic acids is 4. The maximum atomic E-state index is 12.2. The third-order valence-corrected chi connectivity index (χ3v) is 4.87. The molecule has 0 radical (unpaired) electrons. The van der Waals surface area contributed by atoms with Crippen molar-refractivity contribution < 1.29 is 38.6 Å². The van der Waals surface area contributed by atoms with E-state index in [4.69, 9.17) is 9.84 Å². The fourth-order valence-corrected chi connectivity index (χ4v) is 3.53. The fraction of sp³-hybridized carbons (Fsp3) is 0.737. The molecule has 0 heterocycles. The largest absolute Gasteiger partial charge is 0.481 e. The van der Waals surface area contributed by atoms with Gasteiger partial charge >= 0.3 is 17.9 Å². The predicted molar refractivity (Wildman–Crippen MR) is 93.8 cm³/mol. The van der Waals surface area contributed by atoms with Crippen LogP contribution in [0.25, 0.3) is 0 Å². The molecule has 27 heavy (non-hydrogen) atoms. The van der Waals surface area contributed by atoms with Crippen LogP contribution in [0.15, 0.2) is 0 Å². The Morgan fingerprint density at radius 1 is 1.04 bits per heavy atom. The number of carbonyl (C=O) groups is 5. The first-order valence-electron chi connectivity index (χ1n) is 9.24. The first-order chi connectivity index (χ1) is 12.7. The molecule has 152 valence electrons. The molecule has 0 aliphatic heterocycles. The molecule has 0 amide bonds. The van der Waals surface area contributed by atoms with E-state index in [1.807, 2.05) is 0 Å². The lowest BCUT2D eigenvalue weighted by Crippen LogP contribution is -2.26. The summed E-state index contributed by atoms with van der Waals surface area (Å²) < 4.78 is 9.77. The Labute approximate surface area is 158 Å². The Bertz CT molecular complexity index is 568. The second-order valence-electron chi connectivity index (χ2n) is 6.88. The second kappa shape index (κ2) is 11.5. The number of ether oxygens (including phenoxy) is 2. The van der Waals surface area contributed by atoms with Crippen LogP contribution in [-0.2, 0) is 33.4 Å². The number of carboxylic acid groups (broad SMARTS) is 1. The minimum Gasteiger partial charge on any atom is -0.481 e. The van der Waals surface area contributed by atoms with Crippen LogP contribution >= 0.6 is 0 Å². The molecule has 1 rings (SSSR count). The lowest BCUT2D eigenvalue weighted by molar-refractivity contribution is -0.149. The van der Waals surface area contributed by atoms with Crippen molar-refractivity contribution in [2.75, 3.05) is 7.11 Å². The summed E-state index contributed by atoms with van der Waals surface area (Å²) in [5.41, 5.74) is 0. The van der Waals surface area contributed by atoms with Gasteiger partial charge in [0.15, 0.2) is 0 Å². The van der Waals surface area contributed by atoms with Crippen LogP contribution in [0.1, 0.15) is 64.7 Å². The first-order valence-corrected chi connectivity index (χ1v) is 9.24. The van der Waals surface area contributed by atoms with Crippen LogP contribution in [-0.4, -0.2) is 47.8 Å². The zero-order valence-electron chi connectivity index (χ0n) is 15.9. The summed E-state index contributed by atoms with van der Waals surface area (Å²) in [4.78, 5) is 57.5. The zero-order valence-corrected chi connectivity index (χ0v) is 15.9. The van der Waals surface area contributed by atoms with E-state index < -0.39 is 24.0 Å². The van der Waals surface area contributed by atoms with Gasteiger partial charge in [-0.1, -0.05) is 0 Å². The summed E-state index contributed by atoms with van der Waals surface area (Å²) in [5, 5.41) is 8.87. The molecule has 0 aromatic rings. The second-order valence-corrected chi connectivity index (χ2v) is 6.88. The number of rotatable bonds is 12. The van der Waals surface area contributed by atoms with Gasteiger partial charge in [0, 0.05) is 50.9 Å². The van der Waals surface area contributed by atoms with E-state index >= 15 is 0 Å². The first kappa shape index (κ1) is 22.8. The maximum absolute atomic E-state index is 12.2. The van der Waals surface area contributed by atoms with Crippen LogP contribution in [0, 0.1) is 11.8 Å². The van der Waals surface area contributed by atoms with Gasteiger partial charge in [-0.2, -0.15) is 0 Å². The smallest absolute Gasteiger partial charge is 0.305 e. The van der Waals surface area contributed by atoms with Gasteiger partial charge in [-0.15, -0.1) is 0 Å². The molecule has 0 aromatic carbocycles. The number of hydrogen-bond donors (Lipinski definition) is 1. The van der Waals surface area contributed by atoms with Crippen molar-refractivity contribution in [2.45, 2.75) is 70.8 Å². The minimum absolute atomic E-state index is 0.0118. The van der Waals surface area contributed by atoms with Crippen molar-refractivity contribution in [1.82, 2.24) is 0 Å². The highest BCUT2D eigenvalue weighted by atomic mass is 16.5. The van der Waals surface area contributed by atoms with E-state index in [1.54, 1.807) is 0 Å². The minimum atomic E-state index is -0.987. The van der Waals surface area contributed by atoms with Gasteiger partial charge in [-0.05, 0) is 25.7 Å². The molecular weight excluding hydrogens is 356 g/mol. The lowest BCUT2D eigenvalue weighted by Gasteiger charge is -2.23. The predicted octanol–water partition coefficient (Wildman–Crippen LogP) is 2.07. The van der Waals surface area contributed by atoms with Crippen molar-refractivity contribution in [1.29, 1.82) is 0 Å². The normalized spacial score (nSPS) is 21.7. The van der Waals surface area contributed by atoms with Crippen LogP contribution in [0.3, 0.4) is 0 Å². The maximum Gasteiger partial charge on any atom is 0.305 e. The van der Waals surface area contributed by atoms with Crippen LogP contribution in [0.5, 0.6) is 0 Å². The molecule has 1 N–H and O–H groups in total. The highest BCUT2D eigenvalue weighted by molar-refractivity contribution is 5.85. The van der Waals surface area contributed by atoms with E-state index in [0.29, 0.717) is 25.7 Å². The number of esters is 2. The van der Waals surface area contributed by atoms with Crippen LogP contribution in [0.4, 0.5) is 0 Å². The van der Waals surface area contributed by atoms with E-state index in [0.717, 1.165) is 0 Å². The van der Waals surface area contributed by atoms with Gasteiger partial charge in [-0.25, -0.2) is 0 Å². The lowest BCUT2D eigenvalue weighted by atomic mass is 9.85. The molecule has 0 aromatic heterocycles. The van der Waals surface area contributed by atoms with Gasteiger partial charge in [0.05, 0.1) is 7.11 Å². The molecule has 1 fully saturated rings. The van der Waals surface area contributed by atoms with E-state index in [2.05, 4.69) is 4.74 Å². The van der Waals surface area contributed by atoms with Gasteiger partial charge in [-0.3, -0.25) is 24.0 Å². The quantitative estimate of drug-likeness (QED) is 0.400. The standard InChI is InChI=1S/C19H28O8/c1-12(20)27-17-11-16(22)14(9-10-18(23)24)15(17)8-7-13(21)5-3-4-6-19(25)26-2/h14-15,17H,3-11H2,1-2H3,(H,23,24)/t14-,15-,17-/m0/s1. The molecule has 8 nitrogen and oxygen atoms in total. The molecule has 8 heteroatoms. The van der Waals surface area contributed by atoms with Crippen LogP contribution in [0.2, 0.25) is 0 Å². The van der Waals surface area contributed by atoms with Gasteiger partial charge < -0.3 is 14.6 Å². The molecule has 1 saturated carbocycles. The Hall–Kier alpha value is -2.25. The topological polar surface area (TPSA) is 124 Å². The zero-order chi connectivity index (χ0) is 20.4. The van der Waals surface area contributed by atoms with Crippen LogP contribution < -0.4 is 0 Å². The molecule has 3 atom stereocenters. The third kappa shape index (κ3) is 8.32. The summed E-state index contributed by atoms with van der Waals surface area (Å²) in [6.45, 7) is 1.26. The third-order valence-electron chi connectivity index (χ3n) is 4.87. The number of carboxylic acids is 1. The summed E-state index contributed by atoms with van der Waals surface area (Å²) in [5.74, 6) is -2.73. The summed E-state index contributed by atoms with van der Waals surface area (Å²) in [6.07, 6.45) is 1.88. The monoisotopic (exact) mass is 384 g/mol. The number of methoxy groups -OCH3 is 1. The molecule has 0 bridgehead atoms. The van der Waals surface area contributed by atoms with Gasteiger partial charge in [0.2, 0.25) is 0 Å². The number of hydrogen-bond acceptors (Lipinski definition) is 7. The molecule has 1 aliphatic carbocycles. The van der Waals surface area contributed by atoms with Gasteiger partial charge in [0.1, 0.15) is 17.7 Å². The number of unbranched alkanes of at least 4 members (excludes halogenated alkanes) is 1. The molecular formula is C19H28O8. The van der Waals surface area contributed by atoms with Crippen molar-refractivity contribution in [3.05, 3.63) is 0 Å². The molecule has 0 unspecified atom stereocenters. The molecule has 1 aliphatic rings. The molecule has 0 spiro atoms. The summed E-state index contributed by atoms with van der Waals surface area (Å²) in [7, 11) is 1.32. The average Bonchev–Trinajstić information content (AvgIpc) is 2.88. The van der Waals surface area contributed by atoms with Gasteiger partial charge in [0.25, 0.3) is 0 Å². The highest BCUT2D eigenvalue weighted by Gasteiger charge is 2.43. The Morgan fingerprint density at radius 3 is 2.30 bits per heavy atom. The van der Waals surface area contributed by atoms with Crippen molar-refractivity contribution in [2.24, 2.45) is 11.8 Å². The average molecular weight is 384 g/mol. The SMILES string of the molecule is COC(=O)CCCCC(=O)CC[C@@H]1[C@@H](OC(C)=O)CC(=O)[C@H]1CCC(=O)O. The highest BCUT2D eigenvalue weighted by Crippen LogP contribution is 2.37. The fourth-order valence-electron chi connectivity index (χ4n) is 3.53. The summed E-state index contributed by atoms with van der Waals surface area (Å²) >= 11 is 0. The Kier molecular flexibility index (Phi) is 9.67.